The Morgan fingerprint density at radius 2 is 2.15 bits per heavy atom. The third-order valence-corrected chi connectivity index (χ3v) is 3.59. The van der Waals surface area contributed by atoms with Crippen LogP contribution < -0.4 is 16.2 Å². The number of benzene rings is 1. The van der Waals surface area contributed by atoms with Gasteiger partial charge in [-0.2, -0.15) is 0 Å². The van der Waals surface area contributed by atoms with Crippen molar-refractivity contribution in [2.24, 2.45) is 11.7 Å². The first kappa shape index (κ1) is 14.2. The van der Waals surface area contributed by atoms with Gasteiger partial charge < -0.3 is 21.1 Å². The van der Waals surface area contributed by atoms with Gasteiger partial charge >= 0.3 is 0 Å². The number of hydrogen-bond donors (Lipinski definition) is 2. The number of anilines is 1. The van der Waals surface area contributed by atoms with Gasteiger partial charge in [-0.25, -0.2) is 0 Å². The van der Waals surface area contributed by atoms with Crippen molar-refractivity contribution in [3.05, 3.63) is 23.8 Å². The molecular formula is C14H19N3O3. The lowest BCUT2D eigenvalue weighted by atomic mass is 9.96. The predicted octanol–water partition coefficient (Wildman–Crippen LogP) is 0.615. The molecule has 0 radical (unpaired) electrons. The highest BCUT2D eigenvalue weighted by atomic mass is 16.5. The summed E-state index contributed by atoms with van der Waals surface area (Å²) >= 11 is 0. The molecule has 0 bridgehead atoms. The minimum absolute atomic E-state index is 0.180. The number of nitrogen functional groups attached to an aromatic ring is 1. The number of para-hydroxylation sites is 1. The van der Waals surface area contributed by atoms with Crippen molar-refractivity contribution >= 4 is 17.5 Å². The second-order valence-electron chi connectivity index (χ2n) is 4.92. The summed E-state index contributed by atoms with van der Waals surface area (Å²) in [6.45, 7) is 0.965. The normalized spacial score (nSPS) is 18.6. The molecule has 0 spiro atoms. The van der Waals surface area contributed by atoms with Gasteiger partial charge in [0.15, 0.2) is 5.75 Å². The number of piperidine rings is 1. The van der Waals surface area contributed by atoms with E-state index in [1.807, 2.05) is 0 Å². The van der Waals surface area contributed by atoms with E-state index >= 15 is 0 Å². The lowest BCUT2D eigenvalue weighted by Crippen LogP contribution is -2.44. The molecule has 1 saturated heterocycles. The van der Waals surface area contributed by atoms with Gasteiger partial charge in [-0.15, -0.1) is 0 Å². The largest absolute Gasteiger partial charge is 0.494 e. The number of hydrogen-bond acceptors (Lipinski definition) is 4. The Labute approximate surface area is 117 Å². The van der Waals surface area contributed by atoms with Crippen molar-refractivity contribution in [2.45, 2.75) is 12.8 Å². The molecule has 1 aromatic carbocycles. The third-order valence-electron chi connectivity index (χ3n) is 3.59. The number of likely N-dealkylation sites (tertiary alicyclic amines) is 1. The van der Waals surface area contributed by atoms with Gasteiger partial charge in [0, 0.05) is 13.1 Å². The summed E-state index contributed by atoms with van der Waals surface area (Å²) in [6.07, 6.45) is 1.50. The van der Waals surface area contributed by atoms with Gasteiger partial charge in [0.2, 0.25) is 5.91 Å². The van der Waals surface area contributed by atoms with Crippen LogP contribution in [0.5, 0.6) is 5.75 Å². The third kappa shape index (κ3) is 2.68. The molecule has 1 aromatic rings. The Kier molecular flexibility index (Phi) is 4.12. The standard InChI is InChI=1S/C14H19N3O3/c1-20-12-10(5-2-6-11(12)15)14(19)17-7-3-4-9(8-17)13(16)18/h2,5-6,9H,3-4,7-8,15H2,1H3,(H2,16,18). The van der Waals surface area contributed by atoms with E-state index < -0.39 is 0 Å². The van der Waals surface area contributed by atoms with Crippen molar-refractivity contribution in [3.8, 4) is 5.75 Å². The highest BCUT2D eigenvalue weighted by Crippen LogP contribution is 2.28. The summed E-state index contributed by atoms with van der Waals surface area (Å²) in [7, 11) is 1.48. The minimum atomic E-state index is -0.359. The van der Waals surface area contributed by atoms with E-state index in [4.69, 9.17) is 16.2 Å². The number of methoxy groups -OCH3 is 1. The summed E-state index contributed by atoms with van der Waals surface area (Å²) < 4.78 is 5.20. The van der Waals surface area contributed by atoms with Gasteiger partial charge in [-0.05, 0) is 25.0 Å². The Hall–Kier alpha value is -2.24. The van der Waals surface area contributed by atoms with Crippen molar-refractivity contribution in [3.63, 3.8) is 0 Å². The van der Waals surface area contributed by atoms with Crippen LogP contribution >= 0.6 is 0 Å². The van der Waals surface area contributed by atoms with Crippen LogP contribution in [0.4, 0.5) is 5.69 Å². The molecule has 4 N–H and O–H groups in total. The van der Waals surface area contributed by atoms with E-state index in [2.05, 4.69) is 0 Å². The minimum Gasteiger partial charge on any atom is -0.494 e. The molecule has 108 valence electrons. The monoisotopic (exact) mass is 277 g/mol. The second-order valence-corrected chi connectivity index (χ2v) is 4.92. The molecule has 1 unspecified atom stereocenters. The Balaban J connectivity index is 2.23. The SMILES string of the molecule is COc1c(N)cccc1C(=O)N1CCCC(C(N)=O)C1. The van der Waals surface area contributed by atoms with E-state index in [-0.39, 0.29) is 17.7 Å². The number of carbonyl (C=O) groups is 2. The number of amides is 2. The van der Waals surface area contributed by atoms with Crippen molar-refractivity contribution < 1.29 is 14.3 Å². The van der Waals surface area contributed by atoms with Crippen LogP contribution in [0.2, 0.25) is 0 Å². The van der Waals surface area contributed by atoms with Crippen LogP contribution in [0.1, 0.15) is 23.2 Å². The lowest BCUT2D eigenvalue weighted by molar-refractivity contribution is -0.123. The molecule has 0 aromatic heterocycles. The quantitative estimate of drug-likeness (QED) is 0.791. The van der Waals surface area contributed by atoms with Crippen molar-refractivity contribution in [1.29, 1.82) is 0 Å². The van der Waals surface area contributed by atoms with Crippen LogP contribution in [0.25, 0.3) is 0 Å². The number of primary amides is 1. The molecule has 2 rings (SSSR count). The zero-order valence-corrected chi connectivity index (χ0v) is 11.5. The average Bonchev–Trinajstić information content (AvgIpc) is 2.46. The van der Waals surface area contributed by atoms with E-state index in [1.165, 1.54) is 7.11 Å². The molecular weight excluding hydrogens is 258 g/mol. The maximum atomic E-state index is 12.5. The van der Waals surface area contributed by atoms with Gasteiger partial charge in [-0.3, -0.25) is 9.59 Å². The molecule has 20 heavy (non-hydrogen) atoms. The number of carbonyl (C=O) groups excluding carboxylic acids is 2. The van der Waals surface area contributed by atoms with Crippen LogP contribution in [-0.4, -0.2) is 36.9 Å². The molecule has 2 amide bonds. The maximum Gasteiger partial charge on any atom is 0.257 e. The first-order chi connectivity index (χ1) is 9.54. The van der Waals surface area contributed by atoms with Crippen LogP contribution in [0, 0.1) is 5.92 Å². The van der Waals surface area contributed by atoms with Crippen molar-refractivity contribution in [2.75, 3.05) is 25.9 Å². The van der Waals surface area contributed by atoms with Gasteiger partial charge in [0.25, 0.3) is 5.91 Å². The first-order valence-electron chi connectivity index (χ1n) is 6.55. The van der Waals surface area contributed by atoms with E-state index in [1.54, 1.807) is 23.1 Å². The van der Waals surface area contributed by atoms with Crippen LogP contribution in [0.15, 0.2) is 18.2 Å². The van der Waals surface area contributed by atoms with Gasteiger partial charge in [0.05, 0.1) is 24.3 Å². The Morgan fingerprint density at radius 3 is 2.80 bits per heavy atom. The molecule has 1 atom stereocenters. The Morgan fingerprint density at radius 1 is 1.40 bits per heavy atom. The fraction of sp³-hybridized carbons (Fsp3) is 0.429. The summed E-state index contributed by atoms with van der Waals surface area (Å²) in [5.74, 6) is -0.444. The van der Waals surface area contributed by atoms with Crippen LogP contribution in [-0.2, 0) is 4.79 Å². The highest BCUT2D eigenvalue weighted by molar-refractivity contribution is 5.99. The topological polar surface area (TPSA) is 98.7 Å². The molecule has 6 nitrogen and oxygen atoms in total. The number of ether oxygens (including phenoxy) is 1. The lowest BCUT2D eigenvalue weighted by Gasteiger charge is -2.31. The van der Waals surface area contributed by atoms with Gasteiger partial charge in [-0.1, -0.05) is 6.07 Å². The molecule has 1 aliphatic rings. The molecule has 6 heteroatoms. The zero-order chi connectivity index (χ0) is 14.7. The van der Waals surface area contributed by atoms with Gasteiger partial charge in [0.1, 0.15) is 0 Å². The molecule has 1 aliphatic heterocycles. The summed E-state index contributed by atoms with van der Waals surface area (Å²) in [6, 6.07) is 5.06. The fourth-order valence-electron chi connectivity index (χ4n) is 2.52. The number of nitrogens with zero attached hydrogens (tertiary/aromatic N) is 1. The molecule has 1 heterocycles. The smallest absolute Gasteiger partial charge is 0.257 e. The second kappa shape index (κ2) is 5.81. The highest BCUT2D eigenvalue weighted by Gasteiger charge is 2.29. The van der Waals surface area contributed by atoms with Crippen molar-refractivity contribution in [1.82, 2.24) is 4.90 Å². The average molecular weight is 277 g/mol. The maximum absolute atomic E-state index is 12.5. The molecule has 0 saturated carbocycles. The fourth-order valence-corrected chi connectivity index (χ4v) is 2.52. The summed E-state index contributed by atoms with van der Waals surface area (Å²) in [5, 5.41) is 0. The Bertz CT molecular complexity index is 530. The predicted molar refractivity (Wildman–Crippen MR) is 75.2 cm³/mol. The number of rotatable bonds is 3. The summed E-state index contributed by atoms with van der Waals surface area (Å²) in [5.41, 5.74) is 12.0. The number of nitrogens with two attached hydrogens (primary N) is 2. The summed E-state index contributed by atoms with van der Waals surface area (Å²) in [4.78, 5) is 25.4. The van der Waals surface area contributed by atoms with E-state index in [0.717, 1.165) is 12.8 Å². The molecule has 0 aliphatic carbocycles. The van der Waals surface area contributed by atoms with E-state index in [9.17, 15) is 9.59 Å². The van der Waals surface area contributed by atoms with E-state index in [0.29, 0.717) is 30.1 Å². The van der Waals surface area contributed by atoms with Crippen LogP contribution in [0.3, 0.4) is 0 Å². The zero-order valence-electron chi connectivity index (χ0n) is 11.5. The molecule has 1 fully saturated rings. The first-order valence-corrected chi connectivity index (χ1v) is 6.55.